The fourth-order valence-corrected chi connectivity index (χ4v) is 3.88. The van der Waals surface area contributed by atoms with E-state index >= 15 is 0 Å². The molecule has 0 unspecified atom stereocenters. The van der Waals surface area contributed by atoms with Gasteiger partial charge in [0.15, 0.2) is 0 Å². The number of carbonyl (C=O) groups is 1. The third-order valence-electron chi connectivity index (χ3n) is 4.58. The van der Waals surface area contributed by atoms with Gasteiger partial charge in [0.05, 0.1) is 12.1 Å². The Balaban J connectivity index is 1.56. The molecule has 0 aliphatic carbocycles. The summed E-state index contributed by atoms with van der Waals surface area (Å²) in [5.74, 6) is 0.698. The van der Waals surface area contributed by atoms with Crippen LogP contribution in [0.1, 0.15) is 47.6 Å². The monoisotopic (exact) mass is 397 g/mol. The molecule has 0 aromatic carbocycles. The lowest BCUT2D eigenvalue weighted by Gasteiger charge is -2.13. The first-order valence-electron chi connectivity index (χ1n) is 9.40. The summed E-state index contributed by atoms with van der Waals surface area (Å²) in [7, 11) is 1.89. The second-order valence-corrected chi connectivity index (χ2v) is 9.30. The van der Waals surface area contributed by atoms with Gasteiger partial charge >= 0.3 is 0 Å². The normalized spacial score (nSPS) is 11.7. The molecular weight excluding hydrogens is 370 g/mol. The Hall–Kier alpha value is -2.54. The van der Waals surface area contributed by atoms with Crippen molar-refractivity contribution in [2.45, 2.75) is 51.9 Å². The highest BCUT2D eigenvalue weighted by Gasteiger charge is 2.20. The largest absolute Gasteiger partial charge is 0.384 e. The van der Waals surface area contributed by atoms with E-state index in [4.69, 9.17) is 5.73 Å². The predicted octanol–water partition coefficient (Wildman–Crippen LogP) is 3.29. The average Bonchev–Trinajstić information content (AvgIpc) is 3.20. The number of carbonyl (C=O) groups excluding carboxylic acids is 1. The lowest BCUT2D eigenvalue weighted by molar-refractivity contribution is -0.117. The third-order valence-corrected chi connectivity index (χ3v) is 5.64. The summed E-state index contributed by atoms with van der Waals surface area (Å²) in [5.41, 5.74) is 8.80. The molecule has 3 aromatic rings. The van der Waals surface area contributed by atoms with E-state index in [2.05, 4.69) is 35.8 Å². The Labute approximate surface area is 169 Å². The molecule has 2 N–H and O–H groups in total. The van der Waals surface area contributed by atoms with Crippen LogP contribution in [-0.4, -0.2) is 25.5 Å². The Morgan fingerprint density at radius 3 is 2.64 bits per heavy atom. The number of nitrogens with zero attached hydrogens (tertiary/aromatic N) is 4. The molecule has 0 atom stereocenters. The first kappa shape index (κ1) is 20.2. The second kappa shape index (κ2) is 8.22. The van der Waals surface area contributed by atoms with Crippen LogP contribution in [0, 0.1) is 0 Å². The van der Waals surface area contributed by atoms with E-state index in [0.29, 0.717) is 18.7 Å². The molecule has 3 heterocycles. The van der Waals surface area contributed by atoms with Crippen molar-refractivity contribution in [3.05, 3.63) is 57.4 Å². The van der Waals surface area contributed by atoms with Crippen molar-refractivity contribution in [2.75, 3.05) is 5.73 Å². The van der Waals surface area contributed by atoms with Gasteiger partial charge in [0.25, 0.3) is 0 Å². The van der Waals surface area contributed by atoms with Crippen molar-refractivity contribution < 1.29 is 4.79 Å². The zero-order valence-electron chi connectivity index (χ0n) is 16.9. The van der Waals surface area contributed by atoms with Gasteiger partial charge in [-0.15, -0.1) is 11.3 Å². The molecule has 0 amide bonds. The highest BCUT2D eigenvalue weighted by atomic mass is 32.1. The van der Waals surface area contributed by atoms with Gasteiger partial charge in [0.1, 0.15) is 16.6 Å². The van der Waals surface area contributed by atoms with Crippen LogP contribution in [0.5, 0.6) is 0 Å². The summed E-state index contributed by atoms with van der Waals surface area (Å²) < 4.78 is 1.81. The van der Waals surface area contributed by atoms with Crippen LogP contribution in [-0.2, 0) is 42.9 Å². The maximum Gasteiger partial charge on any atom is 0.145 e. The van der Waals surface area contributed by atoms with E-state index in [1.807, 2.05) is 36.1 Å². The predicted molar refractivity (Wildman–Crippen MR) is 112 cm³/mol. The van der Waals surface area contributed by atoms with Gasteiger partial charge in [0, 0.05) is 41.8 Å². The summed E-state index contributed by atoms with van der Waals surface area (Å²) in [5, 5.41) is 5.41. The number of rotatable bonds is 7. The van der Waals surface area contributed by atoms with Gasteiger partial charge in [-0.1, -0.05) is 20.8 Å². The van der Waals surface area contributed by atoms with E-state index in [1.165, 1.54) is 4.88 Å². The van der Waals surface area contributed by atoms with Gasteiger partial charge in [-0.3, -0.25) is 9.48 Å². The first-order chi connectivity index (χ1) is 13.2. The van der Waals surface area contributed by atoms with Crippen LogP contribution in [0.4, 0.5) is 5.82 Å². The lowest BCUT2D eigenvalue weighted by Crippen LogP contribution is -2.12. The van der Waals surface area contributed by atoms with Gasteiger partial charge in [0.2, 0.25) is 0 Å². The van der Waals surface area contributed by atoms with Crippen LogP contribution in [0.2, 0.25) is 0 Å². The molecule has 0 fully saturated rings. The van der Waals surface area contributed by atoms with Crippen molar-refractivity contribution in [1.82, 2.24) is 19.7 Å². The topological polar surface area (TPSA) is 86.7 Å². The van der Waals surface area contributed by atoms with E-state index in [0.717, 1.165) is 34.8 Å². The van der Waals surface area contributed by atoms with Gasteiger partial charge in [-0.05, 0) is 36.6 Å². The number of pyridine rings is 1. The van der Waals surface area contributed by atoms with Crippen molar-refractivity contribution in [3.63, 3.8) is 0 Å². The fourth-order valence-electron chi connectivity index (χ4n) is 2.93. The average molecular weight is 398 g/mol. The minimum atomic E-state index is -0.0251. The molecule has 28 heavy (non-hydrogen) atoms. The Morgan fingerprint density at radius 2 is 1.96 bits per heavy atom. The number of nitrogens with two attached hydrogens (primary N) is 1. The van der Waals surface area contributed by atoms with Gasteiger partial charge in [-0.2, -0.15) is 5.10 Å². The number of nitrogen functional groups attached to an aromatic ring is 1. The lowest BCUT2D eigenvalue weighted by atomic mass is 9.92. The molecule has 7 heteroatoms. The molecule has 3 aromatic heterocycles. The molecule has 0 bridgehead atoms. The van der Waals surface area contributed by atoms with Crippen molar-refractivity contribution in [1.29, 1.82) is 0 Å². The Morgan fingerprint density at radius 1 is 1.18 bits per heavy atom. The van der Waals surface area contributed by atoms with Crippen LogP contribution in [0.15, 0.2) is 30.6 Å². The summed E-state index contributed by atoms with van der Waals surface area (Å²) in [6, 6.07) is 5.90. The summed E-state index contributed by atoms with van der Waals surface area (Å²) in [6.07, 6.45) is 6.11. The molecule has 0 aliphatic heterocycles. The molecule has 3 rings (SSSR count). The fraction of sp³-hybridized carbons (Fsp3) is 0.429. The molecule has 0 saturated carbocycles. The SMILES string of the molecule is Cn1nc(C(C)(C)C)cc1CC(=O)Cc1ncc(CCc2ccnc(N)c2)s1. The number of hydrogen-bond acceptors (Lipinski definition) is 6. The van der Waals surface area contributed by atoms with Gasteiger partial charge < -0.3 is 5.73 Å². The number of ketones is 1. The van der Waals surface area contributed by atoms with Crippen LogP contribution in [0.25, 0.3) is 0 Å². The van der Waals surface area contributed by atoms with Crippen molar-refractivity contribution in [3.8, 4) is 0 Å². The number of aromatic nitrogens is 4. The molecule has 0 radical (unpaired) electrons. The van der Waals surface area contributed by atoms with E-state index in [1.54, 1.807) is 17.5 Å². The van der Waals surface area contributed by atoms with Crippen molar-refractivity contribution in [2.24, 2.45) is 7.05 Å². The maximum absolute atomic E-state index is 12.5. The minimum Gasteiger partial charge on any atom is -0.384 e. The summed E-state index contributed by atoms with van der Waals surface area (Å²) in [6.45, 7) is 6.37. The smallest absolute Gasteiger partial charge is 0.145 e. The van der Waals surface area contributed by atoms with E-state index in [-0.39, 0.29) is 11.2 Å². The molecular formula is C21H27N5OS. The number of Topliss-reactive ketones (excluding diaryl/α,β-unsaturated/α-hetero) is 1. The number of thiazole rings is 1. The molecule has 0 spiro atoms. The second-order valence-electron chi connectivity index (χ2n) is 8.10. The summed E-state index contributed by atoms with van der Waals surface area (Å²) in [4.78, 5) is 22.1. The molecule has 6 nitrogen and oxygen atoms in total. The van der Waals surface area contributed by atoms with Crippen LogP contribution >= 0.6 is 11.3 Å². The molecule has 148 valence electrons. The third kappa shape index (κ3) is 5.25. The quantitative estimate of drug-likeness (QED) is 0.661. The highest BCUT2D eigenvalue weighted by molar-refractivity contribution is 7.11. The highest BCUT2D eigenvalue weighted by Crippen LogP contribution is 2.22. The van der Waals surface area contributed by atoms with Gasteiger partial charge in [-0.25, -0.2) is 9.97 Å². The Kier molecular flexibility index (Phi) is 5.93. The number of hydrogen-bond donors (Lipinski definition) is 1. The molecule has 0 saturated heterocycles. The van der Waals surface area contributed by atoms with Crippen LogP contribution in [0.3, 0.4) is 0 Å². The Bertz CT molecular complexity index is 967. The number of aryl methyl sites for hydroxylation is 3. The summed E-state index contributed by atoms with van der Waals surface area (Å²) >= 11 is 1.61. The molecule has 0 aliphatic rings. The zero-order valence-corrected chi connectivity index (χ0v) is 17.7. The number of anilines is 1. The maximum atomic E-state index is 12.5. The van der Waals surface area contributed by atoms with E-state index in [9.17, 15) is 4.79 Å². The zero-order chi connectivity index (χ0) is 20.3. The van der Waals surface area contributed by atoms with Crippen molar-refractivity contribution >= 4 is 22.9 Å². The minimum absolute atomic E-state index is 0.0251. The van der Waals surface area contributed by atoms with Crippen LogP contribution < -0.4 is 5.73 Å². The van der Waals surface area contributed by atoms with E-state index < -0.39 is 0 Å². The standard InChI is InChI=1S/C21H27N5OS/c1-21(2,3)18-11-15(26(4)25-18)10-16(27)12-20-24-13-17(28-20)6-5-14-7-8-23-19(22)9-14/h7-9,11,13H,5-6,10,12H2,1-4H3,(H2,22,23). The first-order valence-corrected chi connectivity index (χ1v) is 10.2.